The number of carbonyl (C=O) groups is 1. The molecule has 35 heavy (non-hydrogen) atoms. The van der Waals surface area contributed by atoms with E-state index in [0.29, 0.717) is 6.54 Å². The topological polar surface area (TPSA) is 49.3 Å². The molecule has 3 aromatic rings. The van der Waals surface area contributed by atoms with Gasteiger partial charge in [0, 0.05) is 49.4 Å². The predicted molar refractivity (Wildman–Crippen MR) is 141 cm³/mol. The van der Waals surface area contributed by atoms with Gasteiger partial charge in [-0.05, 0) is 106 Å². The first-order valence-electron chi connectivity index (χ1n) is 13.0. The van der Waals surface area contributed by atoms with E-state index in [-0.39, 0.29) is 11.7 Å². The average Bonchev–Trinajstić information content (AvgIpc) is 3.64. The lowest BCUT2D eigenvalue weighted by molar-refractivity contribution is 0.0766. The van der Waals surface area contributed by atoms with E-state index in [0.717, 1.165) is 78.4 Å². The first-order chi connectivity index (χ1) is 16.8. The van der Waals surface area contributed by atoms with Crippen LogP contribution in [-0.2, 0) is 13.1 Å². The number of carbonyl (C=O) groups excluding carboxylic acids is 1. The van der Waals surface area contributed by atoms with E-state index < -0.39 is 0 Å². The van der Waals surface area contributed by atoms with Gasteiger partial charge in [0.15, 0.2) is 0 Å². The van der Waals surface area contributed by atoms with Gasteiger partial charge >= 0.3 is 0 Å². The Hall–Kier alpha value is -2.86. The van der Waals surface area contributed by atoms with Crippen molar-refractivity contribution in [2.24, 2.45) is 5.92 Å². The molecule has 186 valence electrons. The van der Waals surface area contributed by atoms with Crippen LogP contribution >= 0.6 is 0 Å². The Kier molecular flexibility index (Phi) is 6.58. The van der Waals surface area contributed by atoms with Crippen molar-refractivity contribution in [3.05, 3.63) is 63.6 Å². The molecule has 1 amide bonds. The van der Waals surface area contributed by atoms with E-state index in [1.54, 1.807) is 12.1 Å². The summed E-state index contributed by atoms with van der Waals surface area (Å²) in [4.78, 5) is 15.6. The van der Waals surface area contributed by atoms with Crippen LogP contribution in [0.5, 0.6) is 0 Å². The largest absolute Gasteiger partial charge is 0.379 e. The summed E-state index contributed by atoms with van der Waals surface area (Å²) in [6.07, 6.45) is 3.54. The van der Waals surface area contributed by atoms with Gasteiger partial charge in [0.2, 0.25) is 0 Å². The lowest BCUT2D eigenvalue weighted by Crippen LogP contribution is -2.34. The Morgan fingerprint density at radius 3 is 2.51 bits per heavy atom. The normalized spacial score (nSPS) is 16.5. The number of aromatic nitrogens is 1. The number of halogens is 1. The molecule has 0 bridgehead atoms. The van der Waals surface area contributed by atoms with Gasteiger partial charge in [-0.15, -0.1) is 0 Å². The molecule has 5 nitrogen and oxygen atoms in total. The SMILES string of the molecule is Cc1cc(F)cc(C)c1CNc1cc(C(=O)N2CCCNCC2)cc2c(C)c(C)n(CC3CC3)c12. The molecule has 1 aliphatic carbocycles. The van der Waals surface area contributed by atoms with Crippen LogP contribution in [0.2, 0.25) is 0 Å². The Balaban J connectivity index is 1.57. The van der Waals surface area contributed by atoms with Gasteiger partial charge in [0.1, 0.15) is 5.82 Å². The second kappa shape index (κ2) is 9.65. The van der Waals surface area contributed by atoms with Crippen molar-refractivity contribution in [2.45, 2.75) is 60.0 Å². The third kappa shape index (κ3) is 4.81. The summed E-state index contributed by atoms with van der Waals surface area (Å²) in [6, 6.07) is 7.33. The molecule has 5 rings (SSSR count). The Morgan fingerprint density at radius 1 is 1.06 bits per heavy atom. The fourth-order valence-electron chi connectivity index (χ4n) is 5.46. The van der Waals surface area contributed by atoms with Crippen LogP contribution in [0, 0.1) is 39.4 Å². The number of rotatable bonds is 6. The van der Waals surface area contributed by atoms with Crippen molar-refractivity contribution in [2.75, 3.05) is 31.5 Å². The molecule has 6 heteroatoms. The second-order valence-corrected chi connectivity index (χ2v) is 10.5. The van der Waals surface area contributed by atoms with Crippen LogP contribution in [0.15, 0.2) is 24.3 Å². The van der Waals surface area contributed by atoms with Gasteiger partial charge in [-0.2, -0.15) is 0 Å². The summed E-state index contributed by atoms with van der Waals surface area (Å²) >= 11 is 0. The number of nitrogens with zero attached hydrogens (tertiary/aromatic N) is 2. The molecule has 1 aromatic heterocycles. The highest BCUT2D eigenvalue weighted by atomic mass is 19.1. The summed E-state index contributed by atoms with van der Waals surface area (Å²) < 4.78 is 16.3. The first-order valence-corrected chi connectivity index (χ1v) is 13.0. The van der Waals surface area contributed by atoms with E-state index in [2.05, 4.69) is 35.1 Å². The molecule has 0 radical (unpaired) electrons. The Morgan fingerprint density at radius 2 is 1.80 bits per heavy atom. The second-order valence-electron chi connectivity index (χ2n) is 10.5. The Bertz CT molecular complexity index is 1240. The van der Waals surface area contributed by atoms with Gasteiger partial charge in [-0.1, -0.05) is 0 Å². The van der Waals surface area contributed by atoms with Crippen LogP contribution in [0.1, 0.15) is 57.6 Å². The van der Waals surface area contributed by atoms with Crippen molar-refractivity contribution >= 4 is 22.5 Å². The van der Waals surface area contributed by atoms with Crippen molar-refractivity contribution in [1.29, 1.82) is 0 Å². The molecule has 1 saturated heterocycles. The number of fused-ring (bicyclic) bond motifs is 1. The minimum absolute atomic E-state index is 0.0970. The molecule has 2 N–H and O–H groups in total. The molecule has 0 atom stereocenters. The molecule has 1 saturated carbocycles. The zero-order valence-corrected chi connectivity index (χ0v) is 21.4. The van der Waals surface area contributed by atoms with Crippen LogP contribution in [-0.4, -0.2) is 41.6 Å². The van der Waals surface area contributed by atoms with Crippen molar-refractivity contribution in [1.82, 2.24) is 14.8 Å². The van der Waals surface area contributed by atoms with Gasteiger partial charge in [0.05, 0.1) is 11.2 Å². The fraction of sp³-hybridized carbons (Fsp3) is 0.483. The fourth-order valence-corrected chi connectivity index (χ4v) is 5.46. The summed E-state index contributed by atoms with van der Waals surface area (Å²) in [6.45, 7) is 13.2. The van der Waals surface area contributed by atoms with E-state index in [1.807, 2.05) is 24.8 Å². The lowest BCUT2D eigenvalue weighted by Gasteiger charge is -2.21. The van der Waals surface area contributed by atoms with Crippen LogP contribution in [0.25, 0.3) is 10.9 Å². The maximum atomic E-state index is 13.9. The summed E-state index contributed by atoms with van der Waals surface area (Å²) in [5.74, 6) is 0.638. The minimum Gasteiger partial charge on any atom is -0.379 e. The molecule has 0 spiro atoms. The van der Waals surface area contributed by atoms with Crippen LogP contribution in [0.3, 0.4) is 0 Å². The van der Waals surface area contributed by atoms with E-state index in [4.69, 9.17) is 0 Å². The molecule has 2 heterocycles. The summed E-state index contributed by atoms with van der Waals surface area (Å²) in [5.41, 5.74) is 8.40. The number of nitrogens with one attached hydrogen (secondary N) is 2. The van der Waals surface area contributed by atoms with Crippen molar-refractivity contribution < 1.29 is 9.18 Å². The third-order valence-corrected chi connectivity index (χ3v) is 7.86. The quantitative estimate of drug-likeness (QED) is 0.496. The standard InChI is InChI=1S/C29H37FN4O/c1-18-12-24(30)13-19(2)26(18)16-32-27-15-23(29(35)33-10-5-8-31-9-11-33)14-25-20(3)21(4)34(28(25)27)17-22-6-7-22/h12-15,22,31-32H,5-11,16-17H2,1-4H3. The number of amides is 1. The monoisotopic (exact) mass is 476 g/mol. The maximum absolute atomic E-state index is 13.9. The minimum atomic E-state index is -0.199. The molecule has 2 fully saturated rings. The molecule has 1 aliphatic heterocycles. The van der Waals surface area contributed by atoms with E-state index in [1.165, 1.54) is 29.6 Å². The highest BCUT2D eigenvalue weighted by Gasteiger charge is 2.26. The highest BCUT2D eigenvalue weighted by molar-refractivity contribution is 6.04. The first kappa shape index (κ1) is 23.9. The highest BCUT2D eigenvalue weighted by Crippen LogP contribution is 2.38. The van der Waals surface area contributed by atoms with Crippen LogP contribution in [0.4, 0.5) is 10.1 Å². The molecular formula is C29H37FN4O. The van der Waals surface area contributed by atoms with Crippen molar-refractivity contribution in [3.8, 4) is 0 Å². The smallest absolute Gasteiger partial charge is 0.253 e. The average molecular weight is 477 g/mol. The summed E-state index contributed by atoms with van der Waals surface area (Å²) in [7, 11) is 0. The van der Waals surface area contributed by atoms with Crippen molar-refractivity contribution in [3.63, 3.8) is 0 Å². The lowest BCUT2D eigenvalue weighted by atomic mass is 10.0. The molecule has 2 aliphatic rings. The molecule has 2 aromatic carbocycles. The van der Waals surface area contributed by atoms with Gasteiger partial charge < -0.3 is 20.1 Å². The third-order valence-electron chi connectivity index (χ3n) is 7.86. The maximum Gasteiger partial charge on any atom is 0.253 e. The zero-order valence-electron chi connectivity index (χ0n) is 21.4. The molecule has 0 unspecified atom stereocenters. The number of hydrogen-bond donors (Lipinski definition) is 2. The van der Waals surface area contributed by atoms with E-state index >= 15 is 0 Å². The Labute approximate surface area is 207 Å². The zero-order chi connectivity index (χ0) is 24.7. The van der Waals surface area contributed by atoms with E-state index in [9.17, 15) is 9.18 Å². The van der Waals surface area contributed by atoms with Gasteiger partial charge in [-0.3, -0.25) is 4.79 Å². The van der Waals surface area contributed by atoms with Crippen LogP contribution < -0.4 is 10.6 Å². The van der Waals surface area contributed by atoms with Gasteiger partial charge in [0.25, 0.3) is 5.91 Å². The molecular weight excluding hydrogens is 439 g/mol. The van der Waals surface area contributed by atoms with Gasteiger partial charge in [-0.25, -0.2) is 4.39 Å². The number of anilines is 1. The summed E-state index contributed by atoms with van der Waals surface area (Å²) in [5, 5.41) is 8.20. The number of hydrogen-bond acceptors (Lipinski definition) is 3. The number of benzene rings is 2. The predicted octanol–water partition coefficient (Wildman–Crippen LogP) is 5.47. The number of aryl methyl sites for hydroxylation is 3.